The van der Waals surface area contributed by atoms with Gasteiger partial charge in [0.25, 0.3) is 9.05 Å². The van der Waals surface area contributed by atoms with Gasteiger partial charge in [0.15, 0.2) is 4.47 Å². The second kappa shape index (κ2) is 5.44. The van der Waals surface area contributed by atoms with Crippen molar-refractivity contribution in [1.82, 2.24) is 4.98 Å². The van der Waals surface area contributed by atoms with Gasteiger partial charge in [-0.2, -0.15) is 0 Å². The van der Waals surface area contributed by atoms with Crippen LogP contribution in [0.5, 0.6) is 5.75 Å². The molecule has 0 aliphatic heterocycles. The number of benzene rings is 1. The molecule has 0 aliphatic carbocycles. The molecular weight excluding hydrogens is 317 g/mol. The first-order valence-corrected chi connectivity index (χ1v) is 8.23. The van der Waals surface area contributed by atoms with Crippen LogP contribution in [0.1, 0.15) is 4.88 Å². The minimum absolute atomic E-state index is 0.0392. The molecule has 0 fully saturated rings. The van der Waals surface area contributed by atoms with Gasteiger partial charge in [-0.05, 0) is 24.3 Å². The van der Waals surface area contributed by atoms with Crippen LogP contribution in [0.4, 0.5) is 0 Å². The van der Waals surface area contributed by atoms with E-state index in [0.29, 0.717) is 16.8 Å². The molecule has 4 nitrogen and oxygen atoms in total. The van der Waals surface area contributed by atoms with Crippen LogP contribution in [0.25, 0.3) is 0 Å². The zero-order chi connectivity index (χ0) is 13.2. The lowest BCUT2D eigenvalue weighted by molar-refractivity contribution is 0.309. The van der Waals surface area contributed by atoms with Gasteiger partial charge in [-0.3, -0.25) is 0 Å². The topological polar surface area (TPSA) is 56.3 Å². The van der Waals surface area contributed by atoms with Crippen molar-refractivity contribution in [2.24, 2.45) is 0 Å². The van der Waals surface area contributed by atoms with Crippen molar-refractivity contribution in [2.75, 3.05) is 0 Å². The lowest BCUT2D eigenvalue weighted by Gasteiger charge is -2.04. The Hall–Kier alpha value is -0.820. The summed E-state index contributed by atoms with van der Waals surface area (Å²) in [6.07, 6.45) is 1.63. The highest BCUT2D eigenvalue weighted by Gasteiger charge is 2.09. The van der Waals surface area contributed by atoms with Crippen LogP contribution >= 0.6 is 33.6 Å². The molecule has 0 saturated heterocycles. The number of aromatic nitrogens is 1. The van der Waals surface area contributed by atoms with Crippen LogP contribution in [-0.4, -0.2) is 13.4 Å². The quantitative estimate of drug-likeness (QED) is 0.810. The molecule has 0 saturated carbocycles. The van der Waals surface area contributed by atoms with E-state index < -0.39 is 9.05 Å². The van der Waals surface area contributed by atoms with Gasteiger partial charge in [0.1, 0.15) is 12.4 Å². The summed E-state index contributed by atoms with van der Waals surface area (Å²) in [7, 11) is 1.50. The third-order valence-corrected chi connectivity index (χ3v) is 4.47. The third kappa shape index (κ3) is 3.58. The highest BCUT2D eigenvalue weighted by Crippen LogP contribution is 2.22. The van der Waals surface area contributed by atoms with Crippen LogP contribution in [0.15, 0.2) is 35.4 Å². The zero-order valence-corrected chi connectivity index (χ0v) is 12.0. The summed E-state index contributed by atoms with van der Waals surface area (Å²) in [4.78, 5) is 4.81. The van der Waals surface area contributed by atoms with Crippen molar-refractivity contribution >= 4 is 42.7 Å². The molecule has 0 unspecified atom stereocenters. The first kappa shape index (κ1) is 13.6. The number of hydrogen-bond acceptors (Lipinski definition) is 5. The van der Waals surface area contributed by atoms with Crippen molar-refractivity contribution in [3.8, 4) is 5.75 Å². The van der Waals surface area contributed by atoms with Crippen LogP contribution in [0.3, 0.4) is 0 Å². The van der Waals surface area contributed by atoms with Gasteiger partial charge in [0, 0.05) is 16.9 Å². The van der Waals surface area contributed by atoms with Gasteiger partial charge in [0.2, 0.25) is 0 Å². The molecule has 18 heavy (non-hydrogen) atoms. The molecule has 96 valence electrons. The van der Waals surface area contributed by atoms with Crippen LogP contribution in [0.2, 0.25) is 4.47 Å². The second-order valence-electron chi connectivity index (χ2n) is 3.28. The van der Waals surface area contributed by atoms with Gasteiger partial charge < -0.3 is 4.74 Å². The molecule has 2 aromatic rings. The standard InChI is InChI=1S/C10H7Cl2NO3S2/c11-10-13-5-8(17-10)6-16-7-1-3-9(4-2-7)18(12,14)15/h1-5H,6H2. The van der Waals surface area contributed by atoms with E-state index in [1.165, 1.54) is 35.6 Å². The van der Waals surface area contributed by atoms with Crippen molar-refractivity contribution in [1.29, 1.82) is 0 Å². The Morgan fingerprint density at radius 2 is 1.94 bits per heavy atom. The number of hydrogen-bond donors (Lipinski definition) is 0. The first-order chi connectivity index (χ1) is 8.45. The smallest absolute Gasteiger partial charge is 0.261 e. The Morgan fingerprint density at radius 3 is 2.44 bits per heavy atom. The minimum atomic E-state index is -3.69. The van der Waals surface area contributed by atoms with E-state index in [0.717, 1.165) is 4.88 Å². The van der Waals surface area contributed by atoms with Crippen LogP contribution < -0.4 is 4.74 Å². The molecule has 2 rings (SSSR count). The second-order valence-corrected chi connectivity index (χ2v) is 7.54. The molecule has 0 amide bonds. The maximum atomic E-state index is 11.0. The molecule has 0 spiro atoms. The molecule has 0 atom stereocenters. The average molecular weight is 324 g/mol. The summed E-state index contributed by atoms with van der Waals surface area (Å²) in [6.45, 7) is 0.331. The Morgan fingerprint density at radius 1 is 1.28 bits per heavy atom. The van der Waals surface area contributed by atoms with E-state index in [9.17, 15) is 8.42 Å². The van der Waals surface area contributed by atoms with Crippen molar-refractivity contribution < 1.29 is 13.2 Å². The van der Waals surface area contributed by atoms with Crippen molar-refractivity contribution in [3.63, 3.8) is 0 Å². The maximum absolute atomic E-state index is 11.0. The van der Waals surface area contributed by atoms with Gasteiger partial charge in [-0.25, -0.2) is 13.4 Å². The Labute approximate surface area is 118 Å². The normalized spacial score (nSPS) is 11.4. The van der Waals surface area contributed by atoms with Crippen molar-refractivity contribution in [3.05, 3.63) is 39.8 Å². The fraction of sp³-hybridized carbons (Fsp3) is 0.100. The van der Waals surface area contributed by atoms with Gasteiger partial charge >= 0.3 is 0 Å². The monoisotopic (exact) mass is 323 g/mol. The summed E-state index contributed by atoms with van der Waals surface area (Å²) >= 11 is 7.01. The maximum Gasteiger partial charge on any atom is 0.261 e. The predicted molar refractivity (Wildman–Crippen MR) is 70.9 cm³/mol. The molecule has 0 bridgehead atoms. The molecule has 1 aromatic heterocycles. The van der Waals surface area contributed by atoms with Crippen LogP contribution in [0, 0.1) is 0 Å². The number of ether oxygens (including phenoxy) is 1. The Kier molecular flexibility index (Phi) is 4.11. The number of halogens is 2. The third-order valence-electron chi connectivity index (χ3n) is 2.01. The van der Waals surface area contributed by atoms with Gasteiger partial charge in [-0.15, -0.1) is 11.3 Å². The number of thiazole rings is 1. The highest BCUT2D eigenvalue weighted by atomic mass is 35.7. The molecular formula is C10H7Cl2NO3S2. The fourth-order valence-electron chi connectivity index (χ4n) is 1.20. The average Bonchev–Trinajstić information content (AvgIpc) is 2.72. The van der Waals surface area contributed by atoms with E-state index in [1.807, 2.05) is 0 Å². The van der Waals surface area contributed by atoms with E-state index >= 15 is 0 Å². The van der Waals surface area contributed by atoms with Crippen molar-refractivity contribution in [2.45, 2.75) is 11.5 Å². The molecule has 1 heterocycles. The first-order valence-electron chi connectivity index (χ1n) is 4.73. The fourth-order valence-corrected chi connectivity index (χ4v) is 2.86. The van der Waals surface area contributed by atoms with Crippen LogP contribution in [-0.2, 0) is 15.7 Å². The Balaban J connectivity index is 2.03. The molecule has 0 radical (unpaired) electrons. The molecule has 8 heteroatoms. The SMILES string of the molecule is O=S(=O)(Cl)c1ccc(OCc2cnc(Cl)s2)cc1. The lowest BCUT2D eigenvalue weighted by Crippen LogP contribution is -1.94. The largest absolute Gasteiger partial charge is 0.488 e. The summed E-state index contributed by atoms with van der Waals surface area (Å²) in [5.41, 5.74) is 0. The van der Waals surface area contributed by atoms with Gasteiger partial charge in [0.05, 0.1) is 9.77 Å². The highest BCUT2D eigenvalue weighted by molar-refractivity contribution is 8.13. The summed E-state index contributed by atoms with van der Waals surface area (Å²) < 4.78 is 28.0. The molecule has 0 N–H and O–H groups in total. The van der Waals surface area contributed by atoms with E-state index in [2.05, 4.69) is 4.98 Å². The lowest BCUT2D eigenvalue weighted by atomic mass is 10.3. The molecule has 0 aliphatic rings. The summed E-state index contributed by atoms with van der Waals surface area (Å²) in [5, 5.41) is 0. The van der Waals surface area contributed by atoms with E-state index in [4.69, 9.17) is 27.0 Å². The molecule has 1 aromatic carbocycles. The van der Waals surface area contributed by atoms with E-state index in [-0.39, 0.29) is 4.90 Å². The summed E-state index contributed by atoms with van der Waals surface area (Å²) in [5.74, 6) is 0.545. The summed E-state index contributed by atoms with van der Waals surface area (Å²) in [6, 6.07) is 5.85. The predicted octanol–water partition coefficient (Wildman–Crippen LogP) is 3.30. The number of rotatable bonds is 4. The number of nitrogens with zero attached hydrogens (tertiary/aromatic N) is 1. The minimum Gasteiger partial charge on any atom is -0.488 e. The zero-order valence-electron chi connectivity index (χ0n) is 8.84. The Bertz CT molecular complexity index is 637. The van der Waals surface area contributed by atoms with Gasteiger partial charge in [-0.1, -0.05) is 11.6 Å². The van der Waals surface area contributed by atoms with E-state index in [1.54, 1.807) is 6.20 Å².